The highest BCUT2D eigenvalue weighted by Gasteiger charge is 2.12. The zero-order chi connectivity index (χ0) is 12.3. The molecule has 0 aliphatic rings. The summed E-state index contributed by atoms with van der Waals surface area (Å²) < 4.78 is 18.6. The fourth-order valence-electron chi connectivity index (χ4n) is 1.54. The molecule has 0 aliphatic heterocycles. The molecule has 0 atom stereocenters. The van der Waals surface area contributed by atoms with Crippen molar-refractivity contribution in [1.82, 2.24) is 10.1 Å². The van der Waals surface area contributed by atoms with Crippen molar-refractivity contribution >= 4 is 11.6 Å². The van der Waals surface area contributed by atoms with Crippen LogP contribution in [0.5, 0.6) is 0 Å². The summed E-state index contributed by atoms with van der Waals surface area (Å²) in [7, 11) is 0. The van der Waals surface area contributed by atoms with Gasteiger partial charge in [0.25, 0.3) is 0 Å². The lowest BCUT2D eigenvalue weighted by Gasteiger charge is -2.01. The normalized spacial score (nSPS) is 10.8. The van der Waals surface area contributed by atoms with Crippen molar-refractivity contribution in [2.45, 2.75) is 26.2 Å². The van der Waals surface area contributed by atoms with Crippen molar-refractivity contribution in [1.29, 1.82) is 0 Å². The molecule has 0 fully saturated rings. The third kappa shape index (κ3) is 2.82. The summed E-state index contributed by atoms with van der Waals surface area (Å²) in [6, 6.07) is 4.58. The van der Waals surface area contributed by atoms with Crippen LogP contribution in [0, 0.1) is 5.82 Å². The molecule has 1 heterocycles. The lowest BCUT2D eigenvalue weighted by atomic mass is 10.1. The minimum Gasteiger partial charge on any atom is -0.339 e. The number of hydrogen-bond donors (Lipinski definition) is 0. The van der Waals surface area contributed by atoms with E-state index >= 15 is 0 Å². The van der Waals surface area contributed by atoms with E-state index in [4.69, 9.17) is 16.1 Å². The van der Waals surface area contributed by atoms with Gasteiger partial charge in [0, 0.05) is 23.4 Å². The third-order valence-corrected chi connectivity index (χ3v) is 2.72. The van der Waals surface area contributed by atoms with Crippen LogP contribution in [0.4, 0.5) is 4.39 Å². The Bertz CT molecular complexity index is 493. The van der Waals surface area contributed by atoms with Gasteiger partial charge in [0.05, 0.1) is 0 Å². The second kappa shape index (κ2) is 5.27. The Kier molecular flexibility index (Phi) is 3.74. The standard InChI is InChI=1S/C12H12ClFN2O/c1-2-4-12-15-11(16-17-12)7-8-9(13)5-3-6-10(8)14/h3,5-6H,2,4,7H2,1H3. The van der Waals surface area contributed by atoms with E-state index in [0.717, 1.165) is 12.8 Å². The van der Waals surface area contributed by atoms with Crippen LogP contribution in [0.15, 0.2) is 22.7 Å². The van der Waals surface area contributed by atoms with Gasteiger partial charge in [0.15, 0.2) is 5.82 Å². The molecule has 2 rings (SSSR count). The molecular weight excluding hydrogens is 243 g/mol. The van der Waals surface area contributed by atoms with Gasteiger partial charge >= 0.3 is 0 Å². The number of nitrogens with zero attached hydrogens (tertiary/aromatic N) is 2. The minimum atomic E-state index is -0.348. The van der Waals surface area contributed by atoms with Gasteiger partial charge in [0.2, 0.25) is 5.89 Å². The van der Waals surface area contributed by atoms with Gasteiger partial charge in [-0.2, -0.15) is 4.98 Å². The lowest BCUT2D eigenvalue weighted by Crippen LogP contribution is -1.96. The number of rotatable bonds is 4. The maximum absolute atomic E-state index is 13.5. The van der Waals surface area contributed by atoms with Crippen LogP contribution >= 0.6 is 11.6 Å². The summed E-state index contributed by atoms with van der Waals surface area (Å²) in [6.45, 7) is 2.03. The molecule has 0 unspecified atom stereocenters. The highest BCUT2D eigenvalue weighted by atomic mass is 35.5. The van der Waals surface area contributed by atoms with Crippen LogP contribution in [0.25, 0.3) is 0 Å². The highest BCUT2D eigenvalue weighted by Crippen LogP contribution is 2.21. The largest absolute Gasteiger partial charge is 0.339 e. The van der Waals surface area contributed by atoms with Crippen molar-refractivity contribution in [2.75, 3.05) is 0 Å². The second-order valence-corrected chi connectivity index (χ2v) is 4.14. The lowest BCUT2D eigenvalue weighted by molar-refractivity contribution is 0.372. The molecular formula is C12H12ClFN2O. The smallest absolute Gasteiger partial charge is 0.226 e. The monoisotopic (exact) mass is 254 g/mol. The molecule has 3 nitrogen and oxygen atoms in total. The summed E-state index contributed by atoms with van der Waals surface area (Å²) in [4.78, 5) is 4.17. The molecule has 0 amide bonds. The maximum Gasteiger partial charge on any atom is 0.226 e. The van der Waals surface area contributed by atoms with E-state index in [1.165, 1.54) is 6.07 Å². The van der Waals surface area contributed by atoms with E-state index in [1.807, 2.05) is 6.92 Å². The van der Waals surface area contributed by atoms with Crippen molar-refractivity contribution in [3.63, 3.8) is 0 Å². The van der Waals surface area contributed by atoms with Gasteiger partial charge in [-0.3, -0.25) is 0 Å². The van der Waals surface area contributed by atoms with Crippen molar-refractivity contribution < 1.29 is 8.91 Å². The maximum atomic E-state index is 13.5. The average Bonchev–Trinajstić information content (AvgIpc) is 2.72. The number of halogens is 2. The van der Waals surface area contributed by atoms with Gasteiger partial charge < -0.3 is 4.52 Å². The Labute approximate surface area is 104 Å². The summed E-state index contributed by atoms with van der Waals surface area (Å²) in [6.07, 6.45) is 1.92. The number of aryl methyl sites for hydroxylation is 1. The number of benzene rings is 1. The predicted octanol–water partition coefficient (Wildman–Crippen LogP) is 3.41. The fraction of sp³-hybridized carbons (Fsp3) is 0.333. The molecule has 0 bridgehead atoms. The Balaban J connectivity index is 2.19. The predicted molar refractivity (Wildman–Crippen MR) is 62.5 cm³/mol. The quantitative estimate of drug-likeness (QED) is 0.839. The van der Waals surface area contributed by atoms with Crippen molar-refractivity contribution in [2.24, 2.45) is 0 Å². The summed E-state index contributed by atoms with van der Waals surface area (Å²) in [5.41, 5.74) is 0.401. The van der Waals surface area contributed by atoms with Crippen molar-refractivity contribution in [3.8, 4) is 0 Å². The van der Waals surface area contributed by atoms with Gasteiger partial charge in [0.1, 0.15) is 5.82 Å². The van der Waals surface area contributed by atoms with Gasteiger partial charge in [-0.15, -0.1) is 0 Å². The highest BCUT2D eigenvalue weighted by molar-refractivity contribution is 6.31. The molecule has 0 saturated carbocycles. The molecule has 0 radical (unpaired) electrons. The SMILES string of the molecule is CCCc1nc(Cc2c(F)cccc2Cl)no1. The molecule has 1 aromatic heterocycles. The molecule has 5 heteroatoms. The van der Waals surface area contributed by atoms with Gasteiger partial charge in [-0.25, -0.2) is 4.39 Å². The third-order valence-electron chi connectivity index (χ3n) is 2.37. The molecule has 0 N–H and O–H groups in total. The summed E-state index contributed by atoms with van der Waals surface area (Å²) in [5, 5.41) is 4.18. The van der Waals surface area contributed by atoms with Crippen LogP contribution in [0.1, 0.15) is 30.6 Å². The van der Waals surface area contributed by atoms with Crippen LogP contribution < -0.4 is 0 Å². The Morgan fingerprint density at radius 1 is 1.41 bits per heavy atom. The van der Waals surface area contributed by atoms with E-state index in [9.17, 15) is 4.39 Å². The van der Waals surface area contributed by atoms with Crippen LogP contribution in [0.2, 0.25) is 5.02 Å². The first-order chi connectivity index (χ1) is 8.20. The summed E-state index contributed by atoms with van der Waals surface area (Å²) >= 11 is 5.92. The molecule has 17 heavy (non-hydrogen) atoms. The zero-order valence-corrected chi connectivity index (χ0v) is 10.2. The molecule has 0 saturated heterocycles. The molecule has 90 valence electrons. The van der Waals surface area contributed by atoms with E-state index in [1.54, 1.807) is 12.1 Å². The topological polar surface area (TPSA) is 38.9 Å². The van der Waals surface area contributed by atoms with Crippen LogP contribution in [-0.2, 0) is 12.8 Å². The zero-order valence-electron chi connectivity index (χ0n) is 9.41. The Hall–Kier alpha value is -1.42. The fourth-order valence-corrected chi connectivity index (χ4v) is 1.77. The number of hydrogen-bond acceptors (Lipinski definition) is 3. The second-order valence-electron chi connectivity index (χ2n) is 3.73. The summed E-state index contributed by atoms with van der Waals surface area (Å²) in [5.74, 6) is 0.690. The molecule has 0 aliphatic carbocycles. The number of aromatic nitrogens is 2. The average molecular weight is 255 g/mol. The Morgan fingerprint density at radius 2 is 2.24 bits per heavy atom. The first-order valence-corrected chi connectivity index (χ1v) is 5.83. The van der Waals surface area contributed by atoms with E-state index in [2.05, 4.69) is 10.1 Å². The molecule has 2 aromatic rings. The van der Waals surface area contributed by atoms with E-state index in [-0.39, 0.29) is 12.2 Å². The Morgan fingerprint density at radius 3 is 2.94 bits per heavy atom. The van der Waals surface area contributed by atoms with Gasteiger partial charge in [-0.05, 0) is 18.6 Å². The first kappa shape index (κ1) is 12.0. The molecule has 0 spiro atoms. The van der Waals surface area contributed by atoms with Crippen LogP contribution in [-0.4, -0.2) is 10.1 Å². The van der Waals surface area contributed by atoms with Crippen LogP contribution in [0.3, 0.4) is 0 Å². The van der Waals surface area contributed by atoms with Crippen molar-refractivity contribution in [3.05, 3.63) is 46.3 Å². The van der Waals surface area contributed by atoms with E-state index in [0.29, 0.717) is 22.3 Å². The van der Waals surface area contributed by atoms with Gasteiger partial charge in [-0.1, -0.05) is 29.7 Å². The minimum absolute atomic E-state index is 0.249. The first-order valence-electron chi connectivity index (χ1n) is 5.45. The molecule has 1 aromatic carbocycles. The van der Waals surface area contributed by atoms with E-state index < -0.39 is 0 Å².